The smallest absolute Gasteiger partial charge is 0.337 e. The fourth-order valence-electron chi connectivity index (χ4n) is 1.82. The maximum Gasteiger partial charge on any atom is 0.337 e. The second-order valence-corrected chi connectivity index (χ2v) is 4.55. The molecule has 6 nitrogen and oxygen atoms in total. The number of nitrogens with one attached hydrogen (secondary N) is 1. The van der Waals surface area contributed by atoms with Gasteiger partial charge in [-0.05, 0) is 35.9 Å². The van der Waals surface area contributed by atoms with E-state index in [0.29, 0.717) is 16.9 Å². The van der Waals surface area contributed by atoms with Crippen molar-refractivity contribution in [2.75, 3.05) is 7.11 Å². The third-order valence-corrected chi connectivity index (χ3v) is 3.01. The number of carbonyl (C=O) groups excluding carboxylic acids is 2. The summed E-state index contributed by atoms with van der Waals surface area (Å²) in [6.07, 6.45) is 2.95. The topological polar surface area (TPSA) is 92.3 Å². The fraction of sp³-hybridized carbons (Fsp3) is 0.118. The van der Waals surface area contributed by atoms with Gasteiger partial charge in [-0.1, -0.05) is 12.1 Å². The number of furan rings is 1. The summed E-state index contributed by atoms with van der Waals surface area (Å²) >= 11 is 0. The highest BCUT2D eigenvalue weighted by Crippen LogP contribution is 2.10. The van der Waals surface area contributed by atoms with Crippen molar-refractivity contribution in [3.05, 3.63) is 65.1 Å². The minimum Gasteiger partial charge on any atom is -0.467 e. The first-order valence-electron chi connectivity index (χ1n) is 6.75. The van der Waals surface area contributed by atoms with Gasteiger partial charge >= 0.3 is 5.97 Å². The molecule has 0 spiro atoms. The van der Waals surface area contributed by atoms with Gasteiger partial charge < -0.3 is 14.5 Å². The second kappa shape index (κ2) is 7.61. The SMILES string of the molecule is COC(=O)c1ccc(/C=C(\C#N)C(=O)NCc2ccco2)cc1. The molecule has 2 aromatic rings. The number of esters is 1. The molecule has 0 bridgehead atoms. The Morgan fingerprint density at radius 3 is 2.61 bits per heavy atom. The van der Waals surface area contributed by atoms with Crippen molar-refractivity contribution in [1.29, 1.82) is 5.26 Å². The average molecular weight is 310 g/mol. The first-order valence-corrected chi connectivity index (χ1v) is 6.75. The van der Waals surface area contributed by atoms with E-state index >= 15 is 0 Å². The third-order valence-electron chi connectivity index (χ3n) is 3.01. The van der Waals surface area contributed by atoms with Gasteiger partial charge in [-0.25, -0.2) is 4.79 Å². The summed E-state index contributed by atoms with van der Waals surface area (Å²) in [5.41, 5.74) is 0.982. The van der Waals surface area contributed by atoms with Crippen LogP contribution < -0.4 is 5.32 Å². The molecule has 0 fully saturated rings. The van der Waals surface area contributed by atoms with Crippen molar-refractivity contribution in [3.63, 3.8) is 0 Å². The summed E-state index contributed by atoms with van der Waals surface area (Å²) in [5.74, 6) is -0.351. The zero-order valence-electron chi connectivity index (χ0n) is 12.4. The minimum absolute atomic E-state index is 0.0395. The van der Waals surface area contributed by atoms with Gasteiger partial charge in [0.2, 0.25) is 0 Å². The lowest BCUT2D eigenvalue weighted by atomic mass is 10.1. The third kappa shape index (κ3) is 4.32. The molecule has 0 saturated carbocycles. The molecule has 1 amide bonds. The predicted octanol–water partition coefficient (Wildman–Crippen LogP) is 2.29. The highest BCUT2D eigenvalue weighted by Gasteiger charge is 2.10. The number of amides is 1. The molecule has 0 radical (unpaired) electrons. The minimum atomic E-state index is -0.499. The van der Waals surface area contributed by atoms with Crippen LogP contribution in [-0.2, 0) is 16.1 Å². The lowest BCUT2D eigenvalue weighted by Gasteiger charge is -2.03. The Morgan fingerprint density at radius 2 is 2.04 bits per heavy atom. The molecule has 116 valence electrons. The Kier molecular flexibility index (Phi) is 5.31. The van der Waals surface area contributed by atoms with Crippen molar-refractivity contribution in [3.8, 4) is 6.07 Å². The maximum atomic E-state index is 12.0. The van der Waals surface area contributed by atoms with Crippen molar-refractivity contribution in [2.24, 2.45) is 0 Å². The van der Waals surface area contributed by atoms with E-state index in [1.165, 1.54) is 19.4 Å². The molecule has 2 rings (SSSR count). The molecule has 0 unspecified atom stereocenters. The fourth-order valence-corrected chi connectivity index (χ4v) is 1.82. The van der Waals surface area contributed by atoms with Crippen LogP contribution >= 0.6 is 0 Å². The largest absolute Gasteiger partial charge is 0.467 e. The van der Waals surface area contributed by atoms with Gasteiger partial charge in [0.15, 0.2) is 0 Å². The molecule has 1 N–H and O–H groups in total. The number of ether oxygens (including phenoxy) is 1. The maximum absolute atomic E-state index is 12.0. The van der Waals surface area contributed by atoms with E-state index in [0.717, 1.165) is 0 Å². The van der Waals surface area contributed by atoms with Crippen LogP contribution in [0.5, 0.6) is 0 Å². The number of rotatable bonds is 5. The summed E-state index contributed by atoms with van der Waals surface area (Å²) in [6, 6.07) is 11.7. The predicted molar refractivity (Wildman–Crippen MR) is 81.9 cm³/mol. The summed E-state index contributed by atoms with van der Waals surface area (Å²) < 4.78 is 9.71. The molecule has 1 heterocycles. The van der Waals surface area contributed by atoms with Crippen LogP contribution in [0.4, 0.5) is 0 Å². The second-order valence-electron chi connectivity index (χ2n) is 4.55. The summed E-state index contributed by atoms with van der Waals surface area (Å²) in [5, 5.41) is 11.7. The van der Waals surface area contributed by atoms with Crippen molar-refractivity contribution >= 4 is 18.0 Å². The monoisotopic (exact) mass is 310 g/mol. The van der Waals surface area contributed by atoms with Gasteiger partial charge in [-0.2, -0.15) is 5.26 Å². The normalized spacial score (nSPS) is 10.7. The van der Waals surface area contributed by atoms with Crippen LogP contribution in [0.25, 0.3) is 6.08 Å². The van der Waals surface area contributed by atoms with Gasteiger partial charge in [-0.3, -0.25) is 4.79 Å². The van der Waals surface area contributed by atoms with Crippen molar-refractivity contribution in [1.82, 2.24) is 5.32 Å². The molecule has 0 aliphatic heterocycles. The van der Waals surface area contributed by atoms with E-state index in [4.69, 9.17) is 9.68 Å². The van der Waals surface area contributed by atoms with Crippen LogP contribution in [-0.4, -0.2) is 19.0 Å². The van der Waals surface area contributed by atoms with E-state index in [-0.39, 0.29) is 12.1 Å². The van der Waals surface area contributed by atoms with Crippen molar-refractivity contribution < 1.29 is 18.7 Å². The summed E-state index contributed by atoms with van der Waals surface area (Å²) in [7, 11) is 1.30. The highest BCUT2D eigenvalue weighted by atomic mass is 16.5. The van der Waals surface area contributed by atoms with Crippen LogP contribution in [0.15, 0.2) is 52.7 Å². The molecule has 0 aliphatic carbocycles. The van der Waals surface area contributed by atoms with Crippen LogP contribution in [0, 0.1) is 11.3 Å². The standard InChI is InChI=1S/C17H14N2O4/c1-22-17(21)13-6-4-12(5-7-13)9-14(10-18)16(20)19-11-15-3-2-8-23-15/h2-9H,11H2,1H3,(H,19,20)/b14-9+. The highest BCUT2D eigenvalue weighted by molar-refractivity contribution is 6.01. The zero-order chi connectivity index (χ0) is 16.7. The molecule has 6 heteroatoms. The number of hydrogen-bond donors (Lipinski definition) is 1. The lowest BCUT2D eigenvalue weighted by molar-refractivity contribution is -0.117. The number of nitrogens with zero attached hydrogens (tertiary/aromatic N) is 1. The zero-order valence-corrected chi connectivity index (χ0v) is 12.4. The van der Waals surface area contributed by atoms with E-state index in [1.54, 1.807) is 36.4 Å². The molecule has 0 aliphatic rings. The number of carbonyl (C=O) groups is 2. The van der Waals surface area contributed by atoms with Crippen LogP contribution in [0.1, 0.15) is 21.7 Å². The van der Waals surface area contributed by atoms with Crippen LogP contribution in [0.3, 0.4) is 0 Å². The first kappa shape index (κ1) is 16.0. The average Bonchev–Trinajstić information content (AvgIpc) is 3.11. The van der Waals surface area contributed by atoms with Gasteiger partial charge in [-0.15, -0.1) is 0 Å². The molecule has 1 aromatic heterocycles. The molecule has 23 heavy (non-hydrogen) atoms. The Hall–Kier alpha value is -3.33. The van der Waals surface area contributed by atoms with E-state index in [2.05, 4.69) is 10.1 Å². The first-order chi connectivity index (χ1) is 11.1. The number of methoxy groups -OCH3 is 1. The van der Waals surface area contributed by atoms with Gasteiger partial charge in [0.1, 0.15) is 17.4 Å². The van der Waals surface area contributed by atoms with Gasteiger partial charge in [0.05, 0.1) is 25.5 Å². The lowest BCUT2D eigenvalue weighted by Crippen LogP contribution is -2.23. The quantitative estimate of drug-likeness (QED) is 0.519. The Morgan fingerprint density at radius 1 is 1.30 bits per heavy atom. The Balaban J connectivity index is 2.07. The molecule has 0 saturated heterocycles. The Bertz CT molecular complexity index is 753. The van der Waals surface area contributed by atoms with Gasteiger partial charge in [0.25, 0.3) is 5.91 Å². The summed E-state index contributed by atoms with van der Waals surface area (Å²) in [4.78, 5) is 23.3. The van der Waals surface area contributed by atoms with E-state index in [1.807, 2.05) is 6.07 Å². The van der Waals surface area contributed by atoms with E-state index < -0.39 is 11.9 Å². The van der Waals surface area contributed by atoms with Gasteiger partial charge in [0, 0.05) is 0 Å². The van der Waals surface area contributed by atoms with E-state index in [9.17, 15) is 9.59 Å². The van der Waals surface area contributed by atoms with Crippen molar-refractivity contribution in [2.45, 2.75) is 6.54 Å². The number of nitriles is 1. The van der Waals surface area contributed by atoms with Crippen LogP contribution in [0.2, 0.25) is 0 Å². The number of hydrogen-bond acceptors (Lipinski definition) is 5. The molecule has 1 aromatic carbocycles. The molecule has 0 atom stereocenters. The summed E-state index contributed by atoms with van der Waals surface area (Å²) in [6.45, 7) is 0.201. The number of benzene rings is 1. The molecular weight excluding hydrogens is 296 g/mol. The Labute approximate surface area is 133 Å². The molecular formula is C17H14N2O4.